The molecule has 2 N–H and O–H groups in total. The van der Waals surface area contributed by atoms with Gasteiger partial charge >= 0.3 is 5.97 Å². The van der Waals surface area contributed by atoms with E-state index in [1.807, 2.05) is 13.8 Å². The van der Waals surface area contributed by atoms with E-state index in [1.54, 1.807) is 18.2 Å². The van der Waals surface area contributed by atoms with Gasteiger partial charge in [0.2, 0.25) is 0 Å². The van der Waals surface area contributed by atoms with Crippen LogP contribution in [0.5, 0.6) is 11.5 Å². The van der Waals surface area contributed by atoms with Gasteiger partial charge in [0, 0.05) is 12.1 Å². The Morgan fingerprint density at radius 3 is 2.62 bits per heavy atom. The lowest BCUT2D eigenvalue weighted by molar-refractivity contribution is -0.131. The number of aliphatic carboxylic acids is 1. The molecule has 1 aromatic carbocycles. The number of carboxylic acid groups (broad SMARTS) is 1. The van der Waals surface area contributed by atoms with E-state index in [0.29, 0.717) is 17.1 Å². The first kappa shape index (κ1) is 16.6. The molecular formula is C15H19NO5. The SMILES string of the molecule is COc1cc(/C=C/C(=O)O)ccc1OCC(=O)NC(C)C. The van der Waals surface area contributed by atoms with Crippen molar-refractivity contribution >= 4 is 18.0 Å². The quantitative estimate of drug-likeness (QED) is 0.747. The van der Waals surface area contributed by atoms with Crippen LogP contribution in [0, 0.1) is 0 Å². The van der Waals surface area contributed by atoms with Gasteiger partial charge in [-0.2, -0.15) is 0 Å². The Balaban J connectivity index is 2.75. The number of carbonyl (C=O) groups is 2. The number of ether oxygens (including phenoxy) is 2. The van der Waals surface area contributed by atoms with Gasteiger partial charge in [0.05, 0.1) is 7.11 Å². The van der Waals surface area contributed by atoms with Crippen molar-refractivity contribution in [2.75, 3.05) is 13.7 Å². The fraction of sp³-hybridized carbons (Fsp3) is 0.333. The number of carbonyl (C=O) groups excluding carboxylic acids is 1. The van der Waals surface area contributed by atoms with Crippen molar-refractivity contribution in [3.8, 4) is 11.5 Å². The van der Waals surface area contributed by atoms with Crippen LogP contribution in [0.4, 0.5) is 0 Å². The number of amides is 1. The maximum atomic E-state index is 11.5. The van der Waals surface area contributed by atoms with Gasteiger partial charge in [-0.25, -0.2) is 4.79 Å². The van der Waals surface area contributed by atoms with E-state index < -0.39 is 5.97 Å². The summed E-state index contributed by atoms with van der Waals surface area (Å²) in [5, 5.41) is 11.3. The number of carboxylic acids is 1. The maximum Gasteiger partial charge on any atom is 0.328 e. The highest BCUT2D eigenvalue weighted by Crippen LogP contribution is 2.28. The summed E-state index contributed by atoms with van der Waals surface area (Å²) in [4.78, 5) is 22.0. The molecule has 0 aliphatic heterocycles. The van der Waals surface area contributed by atoms with Gasteiger partial charge < -0.3 is 19.9 Å². The first-order valence-corrected chi connectivity index (χ1v) is 6.43. The Morgan fingerprint density at radius 2 is 2.05 bits per heavy atom. The topological polar surface area (TPSA) is 84.9 Å². The molecule has 0 heterocycles. The summed E-state index contributed by atoms with van der Waals surface area (Å²) >= 11 is 0. The van der Waals surface area contributed by atoms with Gasteiger partial charge in [-0.3, -0.25) is 4.79 Å². The Hall–Kier alpha value is -2.50. The molecule has 0 bridgehead atoms. The van der Waals surface area contributed by atoms with Crippen LogP contribution < -0.4 is 14.8 Å². The second kappa shape index (κ2) is 7.94. The molecule has 1 amide bonds. The van der Waals surface area contributed by atoms with E-state index in [9.17, 15) is 9.59 Å². The molecule has 114 valence electrons. The second-order valence-electron chi connectivity index (χ2n) is 4.59. The Labute approximate surface area is 123 Å². The first-order chi connectivity index (χ1) is 9.92. The molecule has 0 aromatic heterocycles. The minimum Gasteiger partial charge on any atom is -0.493 e. The summed E-state index contributed by atoms with van der Waals surface area (Å²) in [6, 6.07) is 4.99. The molecule has 0 aliphatic rings. The van der Waals surface area contributed by atoms with Crippen molar-refractivity contribution in [1.29, 1.82) is 0 Å². The van der Waals surface area contributed by atoms with Crippen LogP contribution in [0.3, 0.4) is 0 Å². The molecule has 0 saturated carbocycles. The molecule has 0 fully saturated rings. The predicted octanol–water partition coefficient (Wildman–Crippen LogP) is 1.70. The first-order valence-electron chi connectivity index (χ1n) is 6.43. The highest BCUT2D eigenvalue weighted by atomic mass is 16.5. The Bertz CT molecular complexity index is 537. The third kappa shape index (κ3) is 5.99. The van der Waals surface area contributed by atoms with Crippen molar-refractivity contribution < 1.29 is 24.2 Å². The van der Waals surface area contributed by atoms with Crippen LogP contribution in [0.2, 0.25) is 0 Å². The van der Waals surface area contributed by atoms with Crippen LogP contribution in [0.1, 0.15) is 19.4 Å². The van der Waals surface area contributed by atoms with Crippen LogP contribution in [0.25, 0.3) is 6.08 Å². The lowest BCUT2D eigenvalue weighted by Gasteiger charge is -2.12. The number of rotatable bonds is 7. The van der Waals surface area contributed by atoms with E-state index in [0.717, 1.165) is 6.08 Å². The van der Waals surface area contributed by atoms with Gasteiger partial charge in [-0.1, -0.05) is 6.07 Å². The number of nitrogens with one attached hydrogen (secondary N) is 1. The van der Waals surface area contributed by atoms with Crippen LogP contribution >= 0.6 is 0 Å². The van der Waals surface area contributed by atoms with Gasteiger partial charge in [0.1, 0.15) is 0 Å². The van der Waals surface area contributed by atoms with Crippen LogP contribution in [-0.4, -0.2) is 36.7 Å². The molecule has 0 saturated heterocycles. The summed E-state index contributed by atoms with van der Waals surface area (Å²) in [6.45, 7) is 3.61. The van der Waals surface area contributed by atoms with E-state index in [-0.39, 0.29) is 18.6 Å². The molecule has 6 heteroatoms. The molecule has 1 aromatic rings. The van der Waals surface area contributed by atoms with Crippen molar-refractivity contribution in [2.24, 2.45) is 0 Å². The normalized spacial score (nSPS) is 10.7. The third-order valence-electron chi connectivity index (χ3n) is 2.41. The predicted molar refractivity (Wildman–Crippen MR) is 78.4 cm³/mol. The zero-order chi connectivity index (χ0) is 15.8. The highest BCUT2D eigenvalue weighted by molar-refractivity contribution is 5.85. The number of hydrogen-bond donors (Lipinski definition) is 2. The summed E-state index contributed by atoms with van der Waals surface area (Å²) < 4.78 is 10.6. The Kier molecular flexibility index (Phi) is 6.26. The maximum absolute atomic E-state index is 11.5. The molecule has 0 unspecified atom stereocenters. The average Bonchev–Trinajstić information content (AvgIpc) is 2.42. The van der Waals surface area contributed by atoms with Crippen molar-refractivity contribution in [1.82, 2.24) is 5.32 Å². The summed E-state index contributed by atoms with van der Waals surface area (Å²) in [7, 11) is 1.47. The smallest absolute Gasteiger partial charge is 0.328 e. The molecule has 0 radical (unpaired) electrons. The molecule has 0 aliphatic carbocycles. The molecule has 6 nitrogen and oxygen atoms in total. The van der Waals surface area contributed by atoms with E-state index in [4.69, 9.17) is 14.6 Å². The van der Waals surface area contributed by atoms with Gasteiger partial charge in [0.25, 0.3) is 5.91 Å². The monoisotopic (exact) mass is 293 g/mol. The van der Waals surface area contributed by atoms with Crippen molar-refractivity contribution in [2.45, 2.75) is 19.9 Å². The molecular weight excluding hydrogens is 274 g/mol. The number of benzene rings is 1. The zero-order valence-corrected chi connectivity index (χ0v) is 12.3. The standard InChI is InChI=1S/C15H19NO5/c1-10(2)16-14(17)9-21-12-6-4-11(5-7-15(18)19)8-13(12)20-3/h4-8,10H,9H2,1-3H3,(H,16,17)(H,18,19)/b7-5+. The summed E-state index contributed by atoms with van der Waals surface area (Å²) in [6.07, 6.45) is 2.48. The largest absolute Gasteiger partial charge is 0.493 e. The summed E-state index contributed by atoms with van der Waals surface area (Å²) in [5.74, 6) is -0.398. The van der Waals surface area contributed by atoms with Gasteiger partial charge in [-0.15, -0.1) is 0 Å². The lowest BCUT2D eigenvalue weighted by Crippen LogP contribution is -2.34. The second-order valence-corrected chi connectivity index (χ2v) is 4.59. The third-order valence-corrected chi connectivity index (χ3v) is 2.41. The fourth-order valence-electron chi connectivity index (χ4n) is 1.58. The lowest BCUT2D eigenvalue weighted by atomic mass is 10.2. The molecule has 1 rings (SSSR count). The minimum atomic E-state index is -1.03. The average molecular weight is 293 g/mol. The highest BCUT2D eigenvalue weighted by Gasteiger charge is 2.08. The number of methoxy groups -OCH3 is 1. The van der Waals surface area contributed by atoms with Crippen molar-refractivity contribution in [3.05, 3.63) is 29.8 Å². The van der Waals surface area contributed by atoms with E-state index in [1.165, 1.54) is 13.2 Å². The van der Waals surface area contributed by atoms with Gasteiger partial charge in [0.15, 0.2) is 18.1 Å². The van der Waals surface area contributed by atoms with Crippen molar-refractivity contribution in [3.63, 3.8) is 0 Å². The molecule has 0 atom stereocenters. The Morgan fingerprint density at radius 1 is 1.33 bits per heavy atom. The molecule has 0 spiro atoms. The summed E-state index contributed by atoms with van der Waals surface area (Å²) in [5.41, 5.74) is 0.660. The zero-order valence-electron chi connectivity index (χ0n) is 12.3. The van der Waals surface area contributed by atoms with E-state index in [2.05, 4.69) is 5.32 Å². The van der Waals surface area contributed by atoms with E-state index >= 15 is 0 Å². The minimum absolute atomic E-state index is 0.0477. The van der Waals surface area contributed by atoms with Gasteiger partial charge in [-0.05, 0) is 37.6 Å². The molecule has 21 heavy (non-hydrogen) atoms. The van der Waals surface area contributed by atoms with Crippen LogP contribution in [-0.2, 0) is 9.59 Å². The fourth-order valence-corrected chi connectivity index (χ4v) is 1.58. The van der Waals surface area contributed by atoms with Crippen LogP contribution in [0.15, 0.2) is 24.3 Å². The number of hydrogen-bond acceptors (Lipinski definition) is 4.